The van der Waals surface area contributed by atoms with Crippen molar-refractivity contribution in [2.24, 2.45) is 0 Å². The molecule has 0 bridgehead atoms. The van der Waals surface area contributed by atoms with Crippen molar-refractivity contribution in [3.8, 4) is 5.75 Å². The maximum atomic E-state index is 5.86. The summed E-state index contributed by atoms with van der Waals surface area (Å²) in [5.41, 5.74) is 2.57. The van der Waals surface area contributed by atoms with Gasteiger partial charge in [-0.15, -0.1) is 0 Å². The van der Waals surface area contributed by atoms with Crippen molar-refractivity contribution in [1.29, 1.82) is 0 Å². The molecule has 0 aliphatic rings. The van der Waals surface area contributed by atoms with E-state index in [2.05, 4.69) is 38.2 Å². The molecule has 1 N–H and O–H groups in total. The predicted molar refractivity (Wildman–Crippen MR) is 75.4 cm³/mol. The predicted octanol–water partition coefficient (Wildman–Crippen LogP) is 2.70. The lowest BCUT2D eigenvalue weighted by Crippen LogP contribution is -2.30. The van der Waals surface area contributed by atoms with Crippen LogP contribution in [0.5, 0.6) is 5.75 Å². The number of ether oxygens (including phenoxy) is 2. The Morgan fingerprint density at radius 1 is 1.22 bits per heavy atom. The van der Waals surface area contributed by atoms with Crippen LogP contribution in [0.4, 0.5) is 0 Å². The average Bonchev–Trinajstić information content (AvgIpc) is 2.34. The van der Waals surface area contributed by atoms with Crippen LogP contribution in [0.3, 0.4) is 0 Å². The van der Waals surface area contributed by atoms with E-state index in [-0.39, 0.29) is 6.10 Å². The fourth-order valence-electron chi connectivity index (χ4n) is 1.71. The minimum Gasteiger partial charge on any atom is -0.489 e. The molecule has 3 heteroatoms. The Hall–Kier alpha value is -1.06. The van der Waals surface area contributed by atoms with E-state index in [1.807, 2.05) is 6.07 Å². The number of benzene rings is 1. The van der Waals surface area contributed by atoms with Gasteiger partial charge in [0.2, 0.25) is 0 Å². The Morgan fingerprint density at radius 3 is 2.67 bits per heavy atom. The van der Waals surface area contributed by atoms with Gasteiger partial charge in [-0.1, -0.05) is 6.07 Å². The highest BCUT2D eigenvalue weighted by Crippen LogP contribution is 2.17. The first kappa shape index (κ1) is 15.0. The summed E-state index contributed by atoms with van der Waals surface area (Å²) in [7, 11) is 1.73. The Labute approximate surface area is 110 Å². The van der Waals surface area contributed by atoms with Gasteiger partial charge >= 0.3 is 0 Å². The van der Waals surface area contributed by atoms with Crippen LogP contribution in [0.2, 0.25) is 0 Å². The molecule has 0 radical (unpaired) electrons. The number of rotatable bonds is 8. The fraction of sp³-hybridized carbons (Fsp3) is 0.600. The molecule has 0 spiro atoms. The van der Waals surface area contributed by atoms with Gasteiger partial charge in [-0.25, -0.2) is 0 Å². The quantitative estimate of drug-likeness (QED) is 0.721. The lowest BCUT2D eigenvalue weighted by Gasteiger charge is -2.16. The largest absolute Gasteiger partial charge is 0.489 e. The summed E-state index contributed by atoms with van der Waals surface area (Å²) in [5.74, 6) is 0.948. The first-order chi connectivity index (χ1) is 8.63. The van der Waals surface area contributed by atoms with Gasteiger partial charge < -0.3 is 14.8 Å². The topological polar surface area (TPSA) is 30.5 Å². The molecular formula is C15H25NO2. The van der Waals surface area contributed by atoms with Gasteiger partial charge in [0, 0.05) is 20.3 Å². The smallest absolute Gasteiger partial charge is 0.120 e. The van der Waals surface area contributed by atoms with Crippen LogP contribution >= 0.6 is 0 Å². The Kier molecular flexibility index (Phi) is 6.76. The molecule has 0 saturated carbocycles. The fourth-order valence-corrected chi connectivity index (χ4v) is 1.71. The highest BCUT2D eigenvalue weighted by atomic mass is 16.5. The number of hydrogen-bond donors (Lipinski definition) is 1. The van der Waals surface area contributed by atoms with E-state index in [0.29, 0.717) is 0 Å². The molecule has 0 aliphatic carbocycles. The van der Waals surface area contributed by atoms with Crippen molar-refractivity contribution in [3.63, 3.8) is 0 Å². The van der Waals surface area contributed by atoms with Crippen LogP contribution in [-0.4, -0.2) is 32.9 Å². The van der Waals surface area contributed by atoms with Crippen molar-refractivity contribution in [1.82, 2.24) is 5.32 Å². The van der Waals surface area contributed by atoms with Crippen LogP contribution in [0.15, 0.2) is 18.2 Å². The molecule has 1 unspecified atom stereocenters. The number of aryl methyl sites for hydroxylation is 2. The Morgan fingerprint density at radius 2 is 2.00 bits per heavy atom. The number of hydrogen-bond acceptors (Lipinski definition) is 3. The maximum absolute atomic E-state index is 5.86. The molecular weight excluding hydrogens is 226 g/mol. The zero-order valence-electron chi connectivity index (χ0n) is 12.0. The summed E-state index contributed by atoms with van der Waals surface area (Å²) in [5, 5.41) is 3.36. The lowest BCUT2D eigenvalue weighted by atomic mass is 10.1. The summed E-state index contributed by atoms with van der Waals surface area (Å²) < 4.78 is 10.9. The monoisotopic (exact) mass is 251 g/mol. The second-order valence-electron chi connectivity index (χ2n) is 4.73. The third-order valence-corrected chi connectivity index (χ3v) is 2.95. The Balaban J connectivity index is 2.26. The lowest BCUT2D eigenvalue weighted by molar-refractivity contribution is 0.188. The zero-order chi connectivity index (χ0) is 13.4. The molecule has 1 rings (SSSR count). The molecule has 0 saturated heterocycles. The van der Waals surface area contributed by atoms with Gasteiger partial charge in [-0.05, 0) is 57.0 Å². The summed E-state index contributed by atoms with van der Waals surface area (Å²) in [4.78, 5) is 0. The van der Waals surface area contributed by atoms with E-state index in [4.69, 9.17) is 9.47 Å². The summed E-state index contributed by atoms with van der Waals surface area (Å²) in [6.45, 7) is 8.93. The third kappa shape index (κ3) is 5.52. The summed E-state index contributed by atoms with van der Waals surface area (Å²) in [6.07, 6.45) is 1.21. The summed E-state index contributed by atoms with van der Waals surface area (Å²) >= 11 is 0. The van der Waals surface area contributed by atoms with E-state index >= 15 is 0 Å². The molecule has 0 amide bonds. The van der Waals surface area contributed by atoms with Gasteiger partial charge in [0.25, 0.3) is 0 Å². The first-order valence-corrected chi connectivity index (χ1v) is 6.57. The Bertz CT molecular complexity index is 352. The van der Waals surface area contributed by atoms with Gasteiger partial charge in [-0.3, -0.25) is 0 Å². The second-order valence-corrected chi connectivity index (χ2v) is 4.73. The molecule has 0 fully saturated rings. The molecule has 1 atom stereocenters. The average molecular weight is 251 g/mol. The molecule has 1 aromatic carbocycles. The SMILES string of the molecule is COCCCNCC(C)Oc1ccc(C)c(C)c1. The molecule has 1 aromatic rings. The van der Waals surface area contributed by atoms with E-state index < -0.39 is 0 Å². The zero-order valence-corrected chi connectivity index (χ0v) is 12.0. The van der Waals surface area contributed by atoms with E-state index in [9.17, 15) is 0 Å². The highest BCUT2D eigenvalue weighted by molar-refractivity contribution is 5.33. The van der Waals surface area contributed by atoms with Crippen LogP contribution in [0, 0.1) is 13.8 Å². The van der Waals surface area contributed by atoms with E-state index in [1.165, 1.54) is 11.1 Å². The van der Waals surface area contributed by atoms with Crippen LogP contribution in [0.1, 0.15) is 24.5 Å². The van der Waals surface area contributed by atoms with E-state index in [1.54, 1.807) is 7.11 Å². The first-order valence-electron chi connectivity index (χ1n) is 6.57. The van der Waals surface area contributed by atoms with Gasteiger partial charge in [0.1, 0.15) is 11.9 Å². The van der Waals surface area contributed by atoms with Crippen LogP contribution < -0.4 is 10.1 Å². The van der Waals surface area contributed by atoms with Crippen LogP contribution in [0.25, 0.3) is 0 Å². The van der Waals surface area contributed by atoms with Crippen molar-refractivity contribution in [2.75, 3.05) is 26.8 Å². The van der Waals surface area contributed by atoms with Gasteiger partial charge in [0.15, 0.2) is 0 Å². The normalized spacial score (nSPS) is 12.4. The minimum absolute atomic E-state index is 0.176. The molecule has 18 heavy (non-hydrogen) atoms. The van der Waals surface area contributed by atoms with Crippen molar-refractivity contribution in [3.05, 3.63) is 29.3 Å². The van der Waals surface area contributed by atoms with Gasteiger partial charge in [0.05, 0.1) is 0 Å². The van der Waals surface area contributed by atoms with Crippen molar-refractivity contribution >= 4 is 0 Å². The molecule has 102 valence electrons. The van der Waals surface area contributed by atoms with Crippen molar-refractivity contribution in [2.45, 2.75) is 33.3 Å². The maximum Gasteiger partial charge on any atom is 0.120 e. The number of methoxy groups -OCH3 is 1. The third-order valence-electron chi connectivity index (χ3n) is 2.95. The molecule has 0 aliphatic heterocycles. The second kappa shape index (κ2) is 8.11. The van der Waals surface area contributed by atoms with Gasteiger partial charge in [-0.2, -0.15) is 0 Å². The standard InChI is InChI=1S/C15H25NO2/c1-12-6-7-15(10-13(12)2)18-14(3)11-16-8-5-9-17-4/h6-7,10,14,16H,5,8-9,11H2,1-4H3. The highest BCUT2D eigenvalue weighted by Gasteiger charge is 2.04. The molecule has 0 heterocycles. The molecule has 3 nitrogen and oxygen atoms in total. The van der Waals surface area contributed by atoms with E-state index in [0.717, 1.165) is 31.9 Å². The van der Waals surface area contributed by atoms with Crippen molar-refractivity contribution < 1.29 is 9.47 Å². The molecule has 0 aromatic heterocycles. The number of nitrogens with one attached hydrogen (secondary N) is 1. The minimum atomic E-state index is 0.176. The summed E-state index contributed by atoms with van der Waals surface area (Å²) in [6, 6.07) is 6.23. The van der Waals surface area contributed by atoms with Crippen LogP contribution in [-0.2, 0) is 4.74 Å².